The van der Waals surface area contributed by atoms with E-state index in [1.807, 2.05) is 0 Å². The zero-order valence-corrected chi connectivity index (χ0v) is 16.0. The molecule has 2 heterocycles. The average Bonchev–Trinajstić information content (AvgIpc) is 3.20. The summed E-state index contributed by atoms with van der Waals surface area (Å²) in [6, 6.07) is 6.03. The van der Waals surface area contributed by atoms with Crippen molar-refractivity contribution in [3.63, 3.8) is 0 Å². The third kappa shape index (κ3) is 4.01. The van der Waals surface area contributed by atoms with E-state index in [-0.39, 0.29) is 11.9 Å². The molecule has 4 rings (SSSR count). The van der Waals surface area contributed by atoms with E-state index in [0.717, 1.165) is 56.1 Å². The number of nitrogens with zero attached hydrogens (tertiary/aromatic N) is 2. The molecule has 0 radical (unpaired) electrons. The number of benzene rings is 1. The fourth-order valence-corrected chi connectivity index (χ4v) is 4.53. The molecular weight excluding hydrogens is 345 g/mol. The highest BCUT2D eigenvalue weighted by Gasteiger charge is 2.42. The number of ether oxygens (including phenoxy) is 1. The fourth-order valence-electron chi connectivity index (χ4n) is 4.53. The Balaban J connectivity index is 1.38. The number of aromatic amines is 1. The Morgan fingerprint density at radius 3 is 2.59 bits per heavy atom. The molecule has 5 nitrogen and oxygen atoms in total. The standard InChI is InChI=1S/C21H28FN3O2/c1-3-21-23-13(2)18(24-21)12-25-10-14-8-19(26)20(9-15(14)11-25)27-17-6-4-16(22)5-7-17/h4-7,14-15,19-20,26H,3,8-12H2,1-2H3,(H,23,24)/t14-,15+,19+,20+/m0/s1. The molecule has 0 unspecified atom stereocenters. The number of aliphatic hydroxyl groups is 1. The first-order valence-corrected chi connectivity index (χ1v) is 9.88. The minimum absolute atomic E-state index is 0.226. The number of nitrogens with one attached hydrogen (secondary N) is 1. The van der Waals surface area contributed by atoms with Crippen LogP contribution < -0.4 is 4.74 Å². The second-order valence-electron chi connectivity index (χ2n) is 7.97. The Kier molecular flexibility index (Phi) is 5.19. The monoisotopic (exact) mass is 373 g/mol. The number of hydrogen-bond acceptors (Lipinski definition) is 4. The summed E-state index contributed by atoms with van der Waals surface area (Å²) in [7, 11) is 0. The first-order valence-electron chi connectivity index (χ1n) is 9.88. The molecule has 2 aromatic rings. The lowest BCUT2D eigenvalue weighted by Gasteiger charge is -2.35. The Hall–Kier alpha value is -1.92. The largest absolute Gasteiger partial charge is 0.488 e. The van der Waals surface area contributed by atoms with Crippen molar-refractivity contribution in [2.24, 2.45) is 11.8 Å². The minimum Gasteiger partial charge on any atom is -0.488 e. The van der Waals surface area contributed by atoms with E-state index in [1.54, 1.807) is 12.1 Å². The van der Waals surface area contributed by atoms with E-state index >= 15 is 0 Å². The van der Waals surface area contributed by atoms with Gasteiger partial charge in [-0.25, -0.2) is 9.37 Å². The van der Waals surface area contributed by atoms with Crippen molar-refractivity contribution in [3.8, 4) is 5.75 Å². The zero-order chi connectivity index (χ0) is 19.0. The van der Waals surface area contributed by atoms with E-state index in [2.05, 4.69) is 23.7 Å². The Bertz CT molecular complexity index is 776. The molecule has 1 aromatic carbocycles. The summed E-state index contributed by atoms with van der Waals surface area (Å²) >= 11 is 0. The van der Waals surface area contributed by atoms with E-state index < -0.39 is 6.10 Å². The topological polar surface area (TPSA) is 61.4 Å². The molecule has 6 heteroatoms. The minimum atomic E-state index is -0.477. The van der Waals surface area contributed by atoms with E-state index in [1.165, 1.54) is 12.1 Å². The number of fused-ring (bicyclic) bond motifs is 1. The molecule has 1 aromatic heterocycles. The van der Waals surface area contributed by atoms with Gasteiger partial charge in [0.2, 0.25) is 0 Å². The van der Waals surface area contributed by atoms with Crippen molar-refractivity contribution in [2.45, 2.75) is 51.9 Å². The van der Waals surface area contributed by atoms with Crippen molar-refractivity contribution < 1.29 is 14.2 Å². The number of H-pyrrole nitrogens is 1. The van der Waals surface area contributed by atoms with Crippen LogP contribution in [0.4, 0.5) is 4.39 Å². The lowest BCUT2D eigenvalue weighted by molar-refractivity contribution is -0.0231. The summed E-state index contributed by atoms with van der Waals surface area (Å²) in [6.07, 6.45) is 1.80. The van der Waals surface area contributed by atoms with Gasteiger partial charge in [-0.1, -0.05) is 6.92 Å². The summed E-state index contributed by atoms with van der Waals surface area (Å²) in [5.74, 6) is 2.40. The fraction of sp³-hybridized carbons (Fsp3) is 0.571. The van der Waals surface area contributed by atoms with Gasteiger partial charge in [0.1, 0.15) is 23.5 Å². The SMILES string of the molecule is CCc1nc(CN2C[C@H]3C[C@@H](Oc4ccc(F)cc4)[C@H](O)C[C@H]3C2)c(C)[nH]1. The van der Waals surface area contributed by atoms with Gasteiger partial charge >= 0.3 is 0 Å². The number of likely N-dealkylation sites (tertiary alicyclic amines) is 1. The first-order chi connectivity index (χ1) is 13.0. The maximum atomic E-state index is 13.1. The van der Waals surface area contributed by atoms with Gasteiger partial charge in [0.15, 0.2) is 0 Å². The highest BCUT2D eigenvalue weighted by atomic mass is 19.1. The normalized spacial score (nSPS) is 28.3. The lowest BCUT2D eigenvalue weighted by Crippen LogP contribution is -2.42. The van der Waals surface area contributed by atoms with Crippen LogP contribution in [0.1, 0.15) is 37.0 Å². The third-order valence-corrected chi connectivity index (χ3v) is 6.00. The Morgan fingerprint density at radius 2 is 1.93 bits per heavy atom. The predicted octanol–water partition coefficient (Wildman–Crippen LogP) is 3.07. The molecule has 0 spiro atoms. The third-order valence-electron chi connectivity index (χ3n) is 6.00. The second kappa shape index (κ2) is 7.60. The van der Waals surface area contributed by atoms with Crippen LogP contribution in [0.15, 0.2) is 24.3 Å². The Morgan fingerprint density at radius 1 is 1.22 bits per heavy atom. The molecule has 27 heavy (non-hydrogen) atoms. The van der Waals surface area contributed by atoms with Crippen LogP contribution in [0.5, 0.6) is 5.75 Å². The van der Waals surface area contributed by atoms with Crippen LogP contribution in [0, 0.1) is 24.6 Å². The smallest absolute Gasteiger partial charge is 0.125 e. The molecule has 2 aliphatic rings. The number of hydrogen-bond donors (Lipinski definition) is 2. The maximum Gasteiger partial charge on any atom is 0.125 e. The van der Waals surface area contributed by atoms with E-state index in [0.29, 0.717) is 17.6 Å². The summed E-state index contributed by atoms with van der Waals surface area (Å²) in [4.78, 5) is 10.5. The summed E-state index contributed by atoms with van der Waals surface area (Å²) in [6.45, 7) is 7.05. The molecule has 0 bridgehead atoms. The molecule has 2 N–H and O–H groups in total. The predicted molar refractivity (Wildman–Crippen MR) is 101 cm³/mol. The van der Waals surface area contributed by atoms with Crippen LogP contribution in [0.2, 0.25) is 0 Å². The van der Waals surface area contributed by atoms with Crippen molar-refractivity contribution in [3.05, 3.63) is 47.3 Å². The van der Waals surface area contributed by atoms with Crippen molar-refractivity contribution in [2.75, 3.05) is 13.1 Å². The van der Waals surface area contributed by atoms with Crippen molar-refractivity contribution in [1.29, 1.82) is 0 Å². The zero-order valence-electron chi connectivity index (χ0n) is 16.0. The lowest BCUT2D eigenvalue weighted by atomic mass is 9.78. The van der Waals surface area contributed by atoms with Gasteiger partial charge in [-0.05, 0) is 55.9 Å². The molecule has 146 valence electrons. The summed E-state index contributed by atoms with van der Waals surface area (Å²) in [5, 5.41) is 10.6. The maximum absolute atomic E-state index is 13.1. The van der Waals surface area contributed by atoms with E-state index in [9.17, 15) is 9.50 Å². The number of imidazole rings is 1. The molecule has 0 amide bonds. The molecule has 4 atom stereocenters. The molecular formula is C21H28FN3O2. The van der Waals surface area contributed by atoms with Gasteiger partial charge in [0.25, 0.3) is 0 Å². The number of aryl methyl sites for hydroxylation is 2. The number of halogens is 1. The average molecular weight is 373 g/mol. The number of rotatable bonds is 5. The summed E-state index contributed by atoms with van der Waals surface area (Å²) in [5.41, 5.74) is 2.28. The summed E-state index contributed by atoms with van der Waals surface area (Å²) < 4.78 is 19.0. The van der Waals surface area contributed by atoms with Crippen LogP contribution in [0.25, 0.3) is 0 Å². The Labute approximate surface area is 159 Å². The van der Waals surface area contributed by atoms with Crippen molar-refractivity contribution in [1.82, 2.24) is 14.9 Å². The molecule has 1 saturated heterocycles. The number of aromatic nitrogens is 2. The molecule has 1 saturated carbocycles. The molecule has 1 aliphatic heterocycles. The quantitative estimate of drug-likeness (QED) is 0.846. The van der Waals surface area contributed by atoms with Gasteiger partial charge in [-0.3, -0.25) is 4.90 Å². The van der Waals surface area contributed by atoms with Gasteiger partial charge in [-0.15, -0.1) is 0 Å². The van der Waals surface area contributed by atoms with Crippen molar-refractivity contribution >= 4 is 0 Å². The van der Waals surface area contributed by atoms with Gasteiger partial charge in [-0.2, -0.15) is 0 Å². The van der Waals surface area contributed by atoms with E-state index in [4.69, 9.17) is 9.72 Å². The highest BCUT2D eigenvalue weighted by Crippen LogP contribution is 2.38. The molecule has 2 fully saturated rings. The van der Waals surface area contributed by atoms with Crippen LogP contribution >= 0.6 is 0 Å². The first kappa shape index (κ1) is 18.4. The highest BCUT2D eigenvalue weighted by molar-refractivity contribution is 5.22. The van der Waals surface area contributed by atoms with Gasteiger partial charge in [0, 0.05) is 31.7 Å². The second-order valence-corrected chi connectivity index (χ2v) is 7.97. The number of aliphatic hydroxyl groups excluding tert-OH is 1. The van der Waals surface area contributed by atoms with Crippen LogP contribution in [-0.2, 0) is 13.0 Å². The van der Waals surface area contributed by atoms with Crippen LogP contribution in [-0.4, -0.2) is 45.3 Å². The van der Waals surface area contributed by atoms with Crippen LogP contribution in [0.3, 0.4) is 0 Å². The van der Waals surface area contributed by atoms with Gasteiger partial charge in [0.05, 0.1) is 11.8 Å². The molecule has 1 aliphatic carbocycles. The van der Waals surface area contributed by atoms with Gasteiger partial charge < -0.3 is 14.8 Å².